The standard InChI is InChI=1S/C14H14N4O/c1-19-11-6-4-10(5-7-11)9-18-13-12(17-14(18)15)3-2-8-16-13/h2-8H,9H2,1H3,(H2,15,17). The predicted molar refractivity (Wildman–Crippen MR) is 74.0 cm³/mol. The number of imidazole rings is 1. The van der Waals surface area contributed by atoms with Crippen LogP contribution in [0.25, 0.3) is 11.2 Å². The second kappa shape index (κ2) is 4.61. The lowest BCUT2D eigenvalue weighted by Crippen LogP contribution is -2.05. The minimum atomic E-state index is 0.476. The van der Waals surface area contributed by atoms with Gasteiger partial charge in [0.15, 0.2) is 5.65 Å². The third-order valence-electron chi connectivity index (χ3n) is 3.03. The van der Waals surface area contributed by atoms with Crippen LogP contribution in [0.5, 0.6) is 5.75 Å². The third-order valence-corrected chi connectivity index (χ3v) is 3.03. The summed E-state index contributed by atoms with van der Waals surface area (Å²) in [5.74, 6) is 1.31. The summed E-state index contributed by atoms with van der Waals surface area (Å²) in [6.07, 6.45) is 1.74. The van der Waals surface area contributed by atoms with E-state index in [0.717, 1.165) is 22.5 Å². The second-order valence-corrected chi connectivity index (χ2v) is 4.25. The van der Waals surface area contributed by atoms with Gasteiger partial charge in [0.1, 0.15) is 11.3 Å². The van der Waals surface area contributed by atoms with Gasteiger partial charge in [-0.25, -0.2) is 9.97 Å². The van der Waals surface area contributed by atoms with Crippen molar-refractivity contribution in [1.82, 2.24) is 14.5 Å². The van der Waals surface area contributed by atoms with Gasteiger partial charge in [0, 0.05) is 6.20 Å². The number of methoxy groups -OCH3 is 1. The lowest BCUT2D eigenvalue weighted by molar-refractivity contribution is 0.414. The number of hydrogen-bond donors (Lipinski definition) is 1. The Bertz CT molecular complexity index is 703. The van der Waals surface area contributed by atoms with Crippen molar-refractivity contribution in [3.05, 3.63) is 48.2 Å². The molecular formula is C14H14N4O. The molecule has 0 aliphatic heterocycles. The summed E-state index contributed by atoms with van der Waals surface area (Å²) in [6, 6.07) is 11.6. The van der Waals surface area contributed by atoms with E-state index in [9.17, 15) is 0 Å². The van der Waals surface area contributed by atoms with E-state index in [-0.39, 0.29) is 0 Å². The summed E-state index contributed by atoms with van der Waals surface area (Å²) in [5, 5.41) is 0. The van der Waals surface area contributed by atoms with Crippen molar-refractivity contribution < 1.29 is 4.74 Å². The zero-order valence-electron chi connectivity index (χ0n) is 10.6. The van der Waals surface area contributed by atoms with E-state index in [4.69, 9.17) is 10.5 Å². The number of benzene rings is 1. The van der Waals surface area contributed by atoms with Crippen LogP contribution in [0, 0.1) is 0 Å². The fraction of sp³-hybridized carbons (Fsp3) is 0.143. The monoisotopic (exact) mass is 254 g/mol. The van der Waals surface area contributed by atoms with Crippen molar-refractivity contribution in [2.75, 3.05) is 12.8 Å². The molecule has 0 unspecified atom stereocenters. The molecule has 0 aliphatic rings. The molecule has 5 heteroatoms. The molecule has 0 spiro atoms. The molecule has 0 atom stereocenters. The maximum absolute atomic E-state index is 5.94. The fourth-order valence-electron chi connectivity index (χ4n) is 2.05. The van der Waals surface area contributed by atoms with Crippen LogP contribution in [-0.2, 0) is 6.54 Å². The van der Waals surface area contributed by atoms with Crippen molar-refractivity contribution in [2.24, 2.45) is 0 Å². The highest BCUT2D eigenvalue weighted by molar-refractivity contribution is 5.73. The SMILES string of the molecule is COc1ccc(Cn2c(N)nc3cccnc32)cc1. The number of rotatable bonds is 3. The first-order valence-electron chi connectivity index (χ1n) is 5.97. The molecule has 19 heavy (non-hydrogen) atoms. The number of nitrogens with two attached hydrogens (primary N) is 1. The number of anilines is 1. The lowest BCUT2D eigenvalue weighted by atomic mass is 10.2. The van der Waals surface area contributed by atoms with Crippen molar-refractivity contribution in [3.63, 3.8) is 0 Å². The van der Waals surface area contributed by atoms with Crippen molar-refractivity contribution in [2.45, 2.75) is 6.54 Å². The van der Waals surface area contributed by atoms with Crippen LogP contribution < -0.4 is 10.5 Å². The van der Waals surface area contributed by atoms with Crippen LogP contribution in [0.1, 0.15) is 5.56 Å². The van der Waals surface area contributed by atoms with Gasteiger partial charge in [0.2, 0.25) is 5.95 Å². The summed E-state index contributed by atoms with van der Waals surface area (Å²) < 4.78 is 7.04. The van der Waals surface area contributed by atoms with E-state index in [1.165, 1.54) is 0 Å². The Balaban J connectivity index is 1.98. The molecular weight excluding hydrogens is 240 g/mol. The van der Waals surface area contributed by atoms with Gasteiger partial charge in [0.05, 0.1) is 13.7 Å². The second-order valence-electron chi connectivity index (χ2n) is 4.25. The Labute approximate surface area is 110 Å². The number of fused-ring (bicyclic) bond motifs is 1. The Morgan fingerprint density at radius 1 is 1.21 bits per heavy atom. The molecule has 5 nitrogen and oxygen atoms in total. The van der Waals surface area contributed by atoms with Crippen molar-refractivity contribution >= 4 is 17.1 Å². The number of hydrogen-bond acceptors (Lipinski definition) is 4. The number of nitrogen functional groups attached to an aromatic ring is 1. The molecule has 0 fully saturated rings. The fourth-order valence-corrected chi connectivity index (χ4v) is 2.05. The van der Waals surface area contributed by atoms with Gasteiger partial charge in [-0.2, -0.15) is 0 Å². The summed E-state index contributed by atoms with van der Waals surface area (Å²) in [6.45, 7) is 0.642. The van der Waals surface area contributed by atoms with Gasteiger partial charge in [-0.15, -0.1) is 0 Å². The van der Waals surface area contributed by atoms with Crippen LogP contribution in [0.15, 0.2) is 42.6 Å². The first kappa shape index (κ1) is 11.5. The molecule has 0 saturated heterocycles. The summed E-state index contributed by atoms with van der Waals surface area (Å²) in [7, 11) is 1.65. The quantitative estimate of drug-likeness (QED) is 0.777. The molecule has 0 radical (unpaired) electrons. The van der Waals surface area contributed by atoms with Gasteiger partial charge in [-0.05, 0) is 29.8 Å². The van der Waals surface area contributed by atoms with Crippen LogP contribution in [0.4, 0.5) is 5.95 Å². The molecule has 3 rings (SSSR count). The normalized spacial score (nSPS) is 10.8. The largest absolute Gasteiger partial charge is 0.497 e. The zero-order chi connectivity index (χ0) is 13.2. The first-order chi connectivity index (χ1) is 9.28. The summed E-state index contributed by atoms with van der Waals surface area (Å²) in [4.78, 5) is 8.62. The number of nitrogens with zero attached hydrogens (tertiary/aromatic N) is 3. The van der Waals surface area contributed by atoms with E-state index >= 15 is 0 Å². The number of pyridine rings is 1. The highest BCUT2D eigenvalue weighted by Crippen LogP contribution is 2.18. The highest BCUT2D eigenvalue weighted by Gasteiger charge is 2.09. The predicted octanol–water partition coefficient (Wildman–Crippen LogP) is 2.07. The summed E-state index contributed by atoms with van der Waals surface area (Å²) >= 11 is 0. The lowest BCUT2D eigenvalue weighted by Gasteiger charge is -2.06. The molecule has 1 aromatic carbocycles. The number of aromatic nitrogens is 3. The maximum atomic E-state index is 5.94. The zero-order valence-corrected chi connectivity index (χ0v) is 10.6. The van der Waals surface area contributed by atoms with Crippen LogP contribution in [-0.4, -0.2) is 21.6 Å². The average Bonchev–Trinajstić information content (AvgIpc) is 2.76. The molecule has 2 N–H and O–H groups in total. The van der Waals surface area contributed by atoms with E-state index in [2.05, 4.69) is 9.97 Å². The Kier molecular flexibility index (Phi) is 2.79. The van der Waals surface area contributed by atoms with Gasteiger partial charge < -0.3 is 10.5 Å². The van der Waals surface area contributed by atoms with E-state index in [0.29, 0.717) is 12.5 Å². The minimum Gasteiger partial charge on any atom is -0.497 e. The van der Waals surface area contributed by atoms with Crippen molar-refractivity contribution in [1.29, 1.82) is 0 Å². The minimum absolute atomic E-state index is 0.476. The Morgan fingerprint density at radius 2 is 2.00 bits per heavy atom. The first-order valence-corrected chi connectivity index (χ1v) is 5.97. The molecule has 0 amide bonds. The summed E-state index contributed by atoms with van der Waals surface area (Å²) in [5.41, 5.74) is 8.68. The third kappa shape index (κ3) is 2.10. The van der Waals surface area contributed by atoms with Gasteiger partial charge in [-0.3, -0.25) is 4.57 Å². The Hall–Kier alpha value is -2.56. The van der Waals surface area contributed by atoms with Crippen LogP contribution in [0.3, 0.4) is 0 Å². The maximum Gasteiger partial charge on any atom is 0.202 e. The van der Waals surface area contributed by atoms with Crippen LogP contribution >= 0.6 is 0 Å². The molecule has 0 saturated carbocycles. The topological polar surface area (TPSA) is 66.0 Å². The number of ether oxygens (including phenoxy) is 1. The highest BCUT2D eigenvalue weighted by atomic mass is 16.5. The van der Waals surface area contributed by atoms with Gasteiger partial charge >= 0.3 is 0 Å². The van der Waals surface area contributed by atoms with E-state index < -0.39 is 0 Å². The molecule has 0 bridgehead atoms. The van der Waals surface area contributed by atoms with Gasteiger partial charge in [-0.1, -0.05) is 12.1 Å². The molecule has 96 valence electrons. The average molecular weight is 254 g/mol. The van der Waals surface area contributed by atoms with E-state index in [1.807, 2.05) is 41.0 Å². The van der Waals surface area contributed by atoms with Crippen LogP contribution in [0.2, 0.25) is 0 Å². The smallest absolute Gasteiger partial charge is 0.202 e. The van der Waals surface area contributed by atoms with Gasteiger partial charge in [0.25, 0.3) is 0 Å². The molecule has 0 aliphatic carbocycles. The van der Waals surface area contributed by atoms with E-state index in [1.54, 1.807) is 13.3 Å². The molecule has 3 aromatic rings. The molecule has 2 heterocycles. The Morgan fingerprint density at radius 3 is 2.74 bits per heavy atom. The van der Waals surface area contributed by atoms with Crippen molar-refractivity contribution in [3.8, 4) is 5.75 Å². The molecule has 2 aromatic heterocycles.